The maximum absolute atomic E-state index is 11.3. The van der Waals surface area contributed by atoms with Crippen LogP contribution in [0.15, 0.2) is 24.4 Å². The van der Waals surface area contributed by atoms with Gasteiger partial charge in [-0.15, -0.1) is 0 Å². The van der Waals surface area contributed by atoms with E-state index in [9.17, 15) is 9.59 Å². The fourth-order valence-electron chi connectivity index (χ4n) is 0.977. The van der Waals surface area contributed by atoms with E-state index in [1.54, 1.807) is 24.4 Å². The van der Waals surface area contributed by atoms with Crippen molar-refractivity contribution < 1.29 is 14.3 Å². The van der Waals surface area contributed by atoms with Crippen LogP contribution in [0.3, 0.4) is 0 Å². The van der Waals surface area contributed by atoms with Crippen molar-refractivity contribution in [2.75, 3.05) is 19.0 Å². The van der Waals surface area contributed by atoms with Crippen LogP contribution in [0.2, 0.25) is 0 Å². The van der Waals surface area contributed by atoms with Gasteiger partial charge in [-0.1, -0.05) is 6.07 Å². The minimum atomic E-state index is -0.400. The molecule has 0 spiro atoms. The number of carbonyl (C=O) groups excluding carboxylic acids is 2. The summed E-state index contributed by atoms with van der Waals surface area (Å²) in [4.78, 5) is 25.9. The molecule has 6 nitrogen and oxygen atoms in total. The third-order valence-corrected chi connectivity index (χ3v) is 1.75. The molecule has 0 aromatic carbocycles. The van der Waals surface area contributed by atoms with Gasteiger partial charge in [0.15, 0.2) is 0 Å². The summed E-state index contributed by atoms with van der Waals surface area (Å²) >= 11 is 0. The van der Waals surface area contributed by atoms with Crippen molar-refractivity contribution in [3.63, 3.8) is 0 Å². The number of urea groups is 1. The van der Waals surface area contributed by atoms with Gasteiger partial charge in [-0.05, 0) is 12.1 Å². The Morgan fingerprint density at radius 3 is 2.88 bits per heavy atom. The molecule has 1 aromatic rings. The Morgan fingerprint density at radius 1 is 1.44 bits per heavy atom. The molecule has 0 fully saturated rings. The number of nitrogens with one attached hydrogen (secondary N) is 2. The molecule has 0 aliphatic rings. The van der Waals surface area contributed by atoms with Gasteiger partial charge in [-0.25, -0.2) is 9.78 Å². The Labute approximate surface area is 93.0 Å². The highest BCUT2D eigenvalue weighted by molar-refractivity contribution is 5.88. The Kier molecular flexibility index (Phi) is 4.78. The van der Waals surface area contributed by atoms with Gasteiger partial charge in [0, 0.05) is 12.7 Å². The smallest absolute Gasteiger partial charge is 0.320 e. The largest absolute Gasteiger partial charge is 0.469 e. The van der Waals surface area contributed by atoms with Gasteiger partial charge < -0.3 is 10.1 Å². The van der Waals surface area contributed by atoms with Crippen LogP contribution in [-0.2, 0) is 9.53 Å². The van der Waals surface area contributed by atoms with Crippen LogP contribution < -0.4 is 10.6 Å². The molecule has 0 aliphatic heterocycles. The van der Waals surface area contributed by atoms with Crippen molar-refractivity contribution in [2.24, 2.45) is 0 Å². The second kappa shape index (κ2) is 6.39. The van der Waals surface area contributed by atoms with Gasteiger partial charge in [0.1, 0.15) is 5.82 Å². The third kappa shape index (κ3) is 4.41. The number of hydrogen-bond donors (Lipinski definition) is 2. The van der Waals surface area contributed by atoms with E-state index < -0.39 is 6.03 Å². The summed E-state index contributed by atoms with van der Waals surface area (Å²) in [5, 5.41) is 5.03. The molecule has 0 aliphatic carbocycles. The van der Waals surface area contributed by atoms with Crippen LogP contribution in [0.25, 0.3) is 0 Å². The first-order valence-corrected chi connectivity index (χ1v) is 4.75. The lowest BCUT2D eigenvalue weighted by atomic mass is 10.4. The molecule has 16 heavy (non-hydrogen) atoms. The number of aromatic nitrogens is 1. The lowest BCUT2D eigenvalue weighted by molar-refractivity contribution is -0.140. The van der Waals surface area contributed by atoms with Gasteiger partial charge >= 0.3 is 12.0 Å². The second-order valence-electron chi connectivity index (χ2n) is 2.92. The maximum atomic E-state index is 11.3. The van der Waals surface area contributed by atoms with Crippen molar-refractivity contribution in [1.82, 2.24) is 10.3 Å². The molecule has 0 unspecified atom stereocenters. The normalized spacial score (nSPS) is 9.31. The summed E-state index contributed by atoms with van der Waals surface area (Å²) in [7, 11) is 1.30. The van der Waals surface area contributed by atoms with Crippen molar-refractivity contribution in [2.45, 2.75) is 6.42 Å². The van der Waals surface area contributed by atoms with Crippen LogP contribution in [0.5, 0.6) is 0 Å². The van der Waals surface area contributed by atoms with Gasteiger partial charge in [0.05, 0.1) is 13.5 Å². The molecule has 1 aromatic heterocycles. The first kappa shape index (κ1) is 12.0. The van der Waals surface area contributed by atoms with Gasteiger partial charge in [0.2, 0.25) is 0 Å². The number of rotatable bonds is 4. The fraction of sp³-hybridized carbons (Fsp3) is 0.300. The summed E-state index contributed by atoms with van der Waals surface area (Å²) in [6.45, 7) is 0.228. The molecule has 6 heteroatoms. The summed E-state index contributed by atoms with van der Waals surface area (Å²) in [6.07, 6.45) is 1.72. The molecule has 0 saturated heterocycles. The Hall–Kier alpha value is -2.11. The van der Waals surface area contributed by atoms with E-state index in [2.05, 4.69) is 20.4 Å². The number of esters is 1. The highest BCUT2D eigenvalue weighted by Crippen LogP contribution is 1.98. The number of anilines is 1. The Bertz CT molecular complexity index is 354. The molecule has 0 bridgehead atoms. The van der Waals surface area contributed by atoms with Crippen molar-refractivity contribution >= 4 is 17.8 Å². The molecule has 0 radical (unpaired) electrons. The maximum Gasteiger partial charge on any atom is 0.320 e. The van der Waals surface area contributed by atoms with Crippen molar-refractivity contribution in [3.8, 4) is 0 Å². The minimum Gasteiger partial charge on any atom is -0.469 e. The van der Waals surface area contributed by atoms with Crippen LogP contribution in [-0.4, -0.2) is 30.6 Å². The van der Waals surface area contributed by atoms with Crippen molar-refractivity contribution in [3.05, 3.63) is 24.4 Å². The number of carbonyl (C=O) groups is 2. The van der Waals surface area contributed by atoms with E-state index >= 15 is 0 Å². The zero-order valence-electron chi connectivity index (χ0n) is 8.90. The number of ether oxygens (including phenoxy) is 1. The van der Waals surface area contributed by atoms with Gasteiger partial charge in [-0.2, -0.15) is 0 Å². The van der Waals surface area contributed by atoms with E-state index in [-0.39, 0.29) is 18.9 Å². The summed E-state index contributed by atoms with van der Waals surface area (Å²) in [5.74, 6) is 0.0937. The van der Waals surface area contributed by atoms with Crippen molar-refractivity contribution in [1.29, 1.82) is 0 Å². The number of pyridine rings is 1. The lowest BCUT2D eigenvalue weighted by Crippen LogP contribution is -2.31. The van der Waals surface area contributed by atoms with E-state index in [1.165, 1.54) is 7.11 Å². The van der Waals surface area contributed by atoms with Crippen LogP contribution in [0.4, 0.5) is 10.6 Å². The number of hydrogen-bond acceptors (Lipinski definition) is 4. The standard InChI is InChI=1S/C10H13N3O3/c1-16-9(14)5-7-12-10(15)13-8-4-2-3-6-11-8/h2-4,6H,5,7H2,1H3,(H2,11,12,13,15). The number of nitrogens with zero attached hydrogens (tertiary/aromatic N) is 1. The molecule has 2 amide bonds. The zero-order chi connectivity index (χ0) is 11.8. The van der Waals surface area contributed by atoms with Crippen LogP contribution in [0, 0.1) is 0 Å². The minimum absolute atomic E-state index is 0.145. The predicted molar refractivity (Wildman–Crippen MR) is 57.9 cm³/mol. The molecular weight excluding hydrogens is 210 g/mol. The first-order valence-electron chi connectivity index (χ1n) is 4.75. The summed E-state index contributed by atoms with van der Waals surface area (Å²) < 4.78 is 4.43. The summed E-state index contributed by atoms with van der Waals surface area (Å²) in [6, 6.07) is 4.78. The Balaban J connectivity index is 2.24. The molecule has 86 valence electrons. The van der Waals surface area contributed by atoms with Gasteiger partial charge in [-0.3, -0.25) is 10.1 Å². The SMILES string of the molecule is COC(=O)CCNC(=O)Nc1ccccn1. The Morgan fingerprint density at radius 2 is 2.25 bits per heavy atom. The first-order chi connectivity index (χ1) is 7.72. The molecule has 2 N–H and O–H groups in total. The highest BCUT2D eigenvalue weighted by Gasteiger charge is 2.03. The van der Waals surface area contributed by atoms with E-state index in [0.717, 1.165) is 0 Å². The molecule has 0 atom stereocenters. The fourth-order valence-corrected chi connectivity index (χ4v) is 0.977. The quantitative estimate of drug-likeness (QED) is 0.739. The molecule has 1 rings (SSSR count). The molecular formula is C10H13N3O3. The second-order valence-corrected chi connectivity index (χ2v) is 2.92. The average molecular weight is 223 g/mol. The summed E-state index contributed by atoms with van der Waals surface area (Å²) in [5.41, 5.74) is 0. The topological polar surface area (TPSA) is 80.3 Å². The lowest BCUT2D eigenvalue weighted by Gasteiger charge is -2.05. The monoisotopic (exact) mass is 223 g/mol. The van der Waals surface area contributed by atoms with E-state index in [0.29, 0.717) is 5.82 Å². The van der Waals surface area contributed by atoms with E-state index in [4.69, 9.17) is 0 Å². The molecule has 1 heterocycles. The third-order valence-electron chi connectivity index (χ3n) is 1.75. The van der Waals surface area contributed by atoms with Crippen LogP contribution in [0.1, 0.15) is 6.42 Å². The van der Waals surface area contributed by atoms with Crippen LogP contribution >= 0.6 is 0 Å². The molecule has 0 saturated carbocycles. The predicted octanol–water partition coefficient (Wildman–Crippen LogP) is 0.766. The highest BCUT2D eigenvalue weighted by atomic mass is 16.5. The number of methoxy groups -OCH3 is 1. The van der Waals surface area contributed by atoms with E-state index in [1.807, 2.05) is 0 Å². The zero-order valence-corrected chi connectivity index (χ0v) is 8.90. The average Bonchev–Trinajstić information content (AvgIpc) is 2.30. The van der Waals surface area contributed by atoms with Gasteiger partial charge in [0.25, 0.3) is 0 Å². The number of amides is 2.